The fraction of sp³-hybridized carbons (Fsp3) is 0.208. The molecule has 0 bridgehead atoms. The van der Waals surface area contributed by atoms with Gasteiger partial charge in [0, 0.05) is 6.26 Å². The molecule has 0 spiro atoms. The van der Waals surface area contributed by atoms with Gasteiger partial charge in [0.25, 0.3) is 15.9 Å². The van der Waals surface area contributed by atoms with E-state index >= 15 is 0 Å². The molecule has 1 N–H and O–H groups in total. The van der Waals surface area contributed by atoms with Crippen LogP contribution < -0.4 is 14.4 Å². The van der Waals surface area contributed by atoms with Gasteiger partial charge in [-0.2, -0.15) is 0 Å². The summed E-state index contributed by atoms with van der Waals surface area (Å²) in [5, 5.41) is 2.83. The number of hydrogen-bond acceptors (Lipinski definition) is 6. The standard InChI is InChI=1S/C24H24N2O6S2/c1-17(18-12-14-19(15-13-18)33(2,28)29)25-24(27)23-16-26(21-10-6-7-11-22(21)32-23)34(30,31)20-8-4-3-5-9-20/h3-15,17,23H,16H2,1-2H3,(H,25,27)/t17-,23+/m1/s1. The Bertz CT molecular complexity index is 1410. The third kappa shape index (κ3) is 4.78. The van der Waals surface area contributed by atoms with Gasteiger partial charge < -0.3 is 10.1 Å². The third-order valence-corrected chi connectivity index (χ3v) is 8.45. The van der Waals surface area contributed by atoms with Gasteiger partial charge in [0.15, 0.2) is 15.9 Å². The molecule has 1 aliphatic heterocycles. The lowest BCUT2D eigenvalue weighted by Gasteiger charge is -2.35. The average Bonchev–Trinajstić information content (AvgIpc) is 2.83. The molecule has 0 fully saturated rings. The summed E-state index contributed by atoms with van der Waals surface area (Å²) in [6, 6.07) is 20.4. The molecule has 0 aliphatic carbocycles. The largest absolute Gasteiger partial charge is 0.476 e. The molecule has 0 radical (unpaired) electrons. The number of para-hydroxylation sites is 2. The van der Waals surface area contributed by atoms with Crippen LogP contribution in [0.25, 0.3) is 0 Å². The molecule has 4 rings (SSSR count). The minimum absolute atomic E-state index is 0.116. The Hall–Kier alpha value is -3.37. The SMILES string of the molecule is C[C@@H](NC(=O)[C@@H]1CN(S(=O)(=O)c2ccccc2)c2ccccc2O1)c1ccc(S(C)(=O)=O)cc1. The molecule has 0 saturated heterocycles. The van der Waals surface area contributed by atoms with Crippen LogP contribution in [0.1, 0.15) is 18.5 Å². The van der Waals surface area contributed by atoms with Crippen molar-refractivity contribution in [3.63, 3.8) is 0 Å². The highest BCUT2D eigenvalue weighted by Crippen LogP contribution is 2.36. The van der Waals surface area contributed by atoms with E-state index in [4.69, 9.17) is 4.74 Å². The summed E-state index contributed by atoms with van der Waals surface area (Å²) in [7, 11) is -7.25. The molecular weight excluding hydrogens is 476 g/mol. The molecule has 10 heteroatoms. The Labute approximate surface area is 199 Å². The van der Waals surface area contributed by atoms with E-state index in [1.165, 1.54) is 28.6 Å². The number of nitrogens with one attached hydrogen (secondary N) is 1. The van der Waals surface area contributed by atoms with Crippen molar-refractivity contribution < 1.29 is 26.4 Å². The van der Waals surface area contributed by atoms with Crippen LogP contribution in [0.15, 0.2) is 88.7 Å². The van der Waals surface area contributed by atoms with Gasteiger partial charge in [-0.3, -0.25) is 9.10 Å². The Morgan fingerprint density at radius 2 is 1.53 bits per heavy atom. The highest BCUT2D eigenvalue weighted by molar-refractivity contribution is 7.92. The van der Waals surface area contributed by atoms with Crippen molar-refractivity contribution >= 4 is 31.5 Å². The predicted octanol–water partition coefficient (Wildman–Crippen LogP) is 2.92. The summed E-state index contributed by atoms with van der Waals surface area (Å²) in [5.74, 6) is -0.194. The number of rotatable bonds is 6. The smallest absolute Gasteiger partial charge is 0.264 e. The topological polar surface area (TPSA) is 110 Å². The highest BCUT2D eigenvalue weighted by Gasteiger charge is 2.37. The number of sulfone groups is 1. The van der Waals surface area contributed by atoms with Crippen molar-refractivity contribution in [1.82, 2.24) is 5.32 Å². The second-order valence-corrected chi connectivity index (χ2v) is 11.9. The van der Waals surface area contributed by atoms with Gasteiger partial charge >= 0.3 is 0 Å². The lowest BCUT2D eigenvalue weighted by molar-refractivity contribution is -0.128. The van der Waals surface area contributed by atoms with Crippen molar-refractivity contribution in [2.24, 2.45) is 0 Å². The molecular formula is C24H24N2O6S2. The zero-order valence-electron chi connectivity index (χ0n) is 18.6. The van der Waals surface area contributed by atoms with Gasteiger partial charge in [0.2, 0.25) is 0 Å². The van der Waals surface area contributed by atoms with Crippen LogP contribution in [-0.4, -0.2) is 41.6 Å². The van der Waals surface area contributed by atoms with E-state index in [2.05, 4.69) is 5.32 Å². The molecule has 3 aromatic rings. The van der Waals surface area contributed by atoms with Crippen LogP contribution in [0, 0.1) is 0 Å². The fourth-order valence-electron chi connectivity index (χ4n) is 3.68. The molecule has 34 heavy (non-hydrogen) atoms. The van der Waals surface area contributed by atoms with E-state index < -0.39 is 37.9 Å². The Morgan fingerprint density at radius 1 is 0.912 bits per heavy atom. The number of ether oxygens (including phenoxy) is 1. The molecule has 1 heterocycles. The van der Waals surface area contributed by atoms with Gasteiger partial charge in [-0.25, -0.2) is 16.8 Å². The van der Waals surface area contributed by atoms with Crippen LogP contribution >= 0.6 is 0 Å². The minimum atomic E-state index is -3.92. The summed E-state index contributed by atoms with van der Waals surface area (Å²) in [6.45, 7) is 1.56. The lowest BCUT2D eigenvalue weighted by atomic mass is 10.1. The van der Waals surface area contributed by atoms with Crippen LogP contribution in [0.2, 0.25) is 0 Å². The number of carbonyl (C=O) groups excluding carboxylic acids is 1. The highest BCUT2D eigenvalue weighted by atomic mass is 32.2. The molecule has 1 aliphatic rings. The Kier molecular flexibility index (Phi) is 6.37. The number of sulfonamides is 1. The van der Waals surface area contributed by atoms with E-state index in [0.717, 1.165) is 6.26 Å². The number of nitrogens with zero attached hydrogens (tertiary/aromatic N) is 1. The van der Waals surface area contributed by atoms with Crippen molar-refractivity contribution in [3.05, 3.63) is 84.4 Å². The molecule has 0 aromatic heterocycles. The maximum absolute atomic E-state index is 13.4. The molecule has 0 saturated carbocycles. The Morgan fingerprint density at radius 3 is 2.18 bits per heavy atom. The first kappa shape index (κ1) is 23.8. The van der Waals surface area contributed by atoms with Gasteiger partial charge in [-0.1, -0.05) is 42.5 Å². The summed E-state index contributed by atoms with van der Waals surface area (Å²) in [5.41, 5.74) is 1.06. The molecule has 2 atom stereocenters. The van der Waals surface area contributed by atoms with Gasteiger partial charge in [-0.05, 0) is 48.9 Å². The van der Waals surface area contributed by atoms with Crippen LogP contribution in [0.5, 0.6) is 5.75 Å². The lowest BCUT2D eigenvalue weighted by Crippen LogP contribution is -2.51. The summed E-state index contributed by atoms with van der Waals surface area (Å²) >= 11 is 0. The number of hydrogen-bond donors (Lipinski definition) is 1. The quantitative estimate of drug-likeness (QED) is 0.557. The molecule has 178 valence electrons. The summed E-state index contributed by atoms with van der Waals surface area (Å²) in [6.07, 6.45) is 0.0480. The minimum Gasteiger partial charge on any atom is -0.476 e. The summed E-state index contributed by atoms with van der Waals surface area (Å²) < 4.78 is 57.1. The van der Waals surface area contributed by atoms with E-state index in [-0.39, 0.29) is 16.3 Å². The normalized spacial score (nSPS) is 16.8. The first-order valence-electron chi connectivity index (χ1n) is 10.5. The van der Waals surface area contributed by atoms with Crippen molar-refractivity contribution in [2.45, 2.75) is 28.9 Å². The van der Waals surface area contributed by atoms with Crippen LogP contribution in [-0.2, 0) is 24.7 Å². The maximum Gasteiger partial charge on any atom is 0.264 e. The van der Waals surface area contributed by atoms with Crippen LogP contribution in [0.4, 0.5) is 5.69 Å². The molecule has 3 aromatic carbocycles. The van der Waals surface area contributed by atoms with Gasteiger partial charge in [0.05, 0.1) is 28.1 Å². The van der Waals surface area contributed by atoms with E-state index in [1.807, 2.05) is 0 Å². The molecule has 1 amide bonds. The third-order valence-electron chi connectivity index (χ3n) is 5.53. The Balaban J connectivity index is 1.57. The summed E-state index contributed by atoms with van der Waals surface area (Å²) in [4.78, 5) is 13.4. The zero-order valence-corrected chi connectivity index (χ0v) is 20.2. The van der Waals surface area contributed by atoms with Crippen molar-refractivity contribution in [1.29, 1.82) is 0 Å². The second-order valence-electron chi connectivity index (χ2n) is 7.99. The fourth-order valence-corrected chi connectivity index (χ4v) is 5.81. The first-order valence-corrected chi connectivity index (χ1v) is 13.8. The number of carbonyl (C=O) groups is 1. The van der Waals surface area contributed by atoms with Crippen molar-refractivity contribution in [3.8, 4) is 5.75 Å². The average molecular weight is 501 g/mol. The van der Waals surface area contributed by atoms with Crippen molar-refractivity contribution in [2.75, 3.05) is 17.1 Å². The number of benzene rings is 3. The zero-order chi connectivity index (χ0) is 24.5. The predicted molar refractivity (Wildman–Crippen MR) is 128 cm³/mol. The number of fused-ring (bicyclic) bond motifs is 1. The van der Waals surface area contributed by atoms with Gasteiger partial charge in [-0.15, -0.1) is 0 Å². The monoisotopic (exact) mass is 500 g/mol. The van der Waals surface area contributed by atoms with Gasteiger partial charge in [0.1, 0.15) is 5.75 Å². The molecule has 0 unspecified atom stereocenters. The van der Waals surface area contributed by atoms with E-state index in [1.54, 1.807) is 61.5 Å². The second kappa shape index (κ2) is 9.11. The first-order chi connectivity index (χ1) is 16.1. The van der Waals surface area contributed by atoms with E-state index in [0.29, 0.717) is 17.0 Å². The maximum atomic E-state index is 13.4. The molecule has 8 nitrogen and oxygen atoms in total. The number of amides is 1. The number of anilines is 1. The van der Waals surface area contributed by atoms with Crippen LogP contribution in [0.3, 0.4) is 0 Å². The van der Waals surface area contributed by atoms with E-state index in [9.17, 15) is 21.6 Å².